The molecule has 2 aliphatic rings. The lowest BCUT2D eigenvalue weighted by Crippen LogP contribution is -2.36. The Kier molecular flexibility index (Phi) is 3.44. The Morgan fingerprint density at radius 3 is 2.94 bits per heavy atom. The second-order valence-electron chi connectivity index (χ2n) is 5.47. The minimum atomic E-state index is 0.750. The first-order valence-corrected chi connectivity index (χ1v) is 7.69. The van der Waals surface area contributed by atoms with E-state index < -0.39 is 0 Å². The summed E-state index contributed by atoms with van der Waals surface area (Å²) in [5.41, 5.74) is 1.55. The minimum Gasteiger partial charge on any atom is -0.313 e. The van der Waals surface area contributed by atoms with Gasteiger partial charge in [0.2, 0.25) is 0 Å². The van der Waals surface area contributed by atoms with Gasteiger partial charge < -0.3 is 5.32 Å². The molecule has 1 aliphatic heterocycles. The van der Waals surface area contributed by atoms with Gasteiger partial charge >= 0.3 is 0 Å². The Morgan fingerprint density at radius 2 is 2.18 bits per heavy atom. The van der Waals surface area contributed by atoms with Crippen molar-refractivity contribution in [3.05, 3.63) is 29.8 Å². The van der Waals surface area contributed by atoms with Crippen molar-refractivity contribution in [2.45, 2.75) is 48.8 Å². The molecule has 0 aromatic heterocycles. The molecule has 92 valence electrons. The van der Waals surface area contributed by atoms with Crippen LogP contribution in [0.1, 0.15) is 31.7 Å². The average molecular weight is 247 g/mol. The molecular weight excluding hydrogens is 226 g/mol. The van der Waals surface area contributed by atoms with Gasteiger partial charge in [0.05, 0.1) is 0 Å². The van der Waals surface area contributed by atoms with Crippen molar-refractivity contribution < 1.29 is 0 Å². The molecule has 3 unspecified atom stereocenters. The highest BCUT2D eigenvalue weighted by atomic mass is 32.2. The molecule has 0 spiro atoms. The maximum absolute atomic E-state index is 3.79. The van der Waals surface area contributed by atoms with Gasteiger partial charge in [-0.2, -0.15) is 0 Å². The Bertz CT molecular complexity index is 365. The minimum absolute atomic E-state index is 0.750. The van der Waals surface area contributed by atoms with E-state index in [1.165, 1.54) is 37.1 Å². The first-order valence-electron chi connectivity index (χ1n) is 6.81. The molecule has 3 rings (SSSR count). The highest BCUT2D eigenvalue weighted by Crippen LogP contribution is 2.36. The predicted octanol–water partition coefficient (Wildman–Crippen LogP) is 3.48. The molecule has 1 aliphatic carbocycles. The Hall–Kier alpha value is -0.470. The molecule has 0 radical (unpaired) electrons. The van der Waals surface area contributed by atoms with Crippen LogP contribution in [-0.4, -0.2) is 17.8 Å². The van der Waals surface area contributed by atoms with Crippen LogP contribution in [0.15, 0.2) is 29.2 Å². The van der Waals surface area contributed by atoms with E-state index in [0.717, 1.165) is 17.2 Å². The number of rotatable bonds is 3. The third-order valence-electron chi connectivity index (χ3n) is 4.18. The van der Waals surface area contributed by atoms with E-state index >= 15 is 0 Å². The standard InChI is InChI=1S/C15H21NS/c1-11-5-4-7-14(11)16-10-13-9-12-6-2-3-8-15(12)17-13/h2-3,6,8,11,13-14,16H,4-5,7,9-10H2,1H3. The lowest BCUT2D eigenvalue weighted by molar-refractivity contribution is 0.427. The van der Waals surface area contributed by atoms with Gasteiger partial charge in [-0.3, -0.25) is 0 Å². The molecule has 2 heteroatoms. The lowest BCUT2D eigenvalue weighted by Gasteiger charge is -2.19. The van der Waals surface area contributed by atoms with Gasteiger partial charge in [0.15, 0.2) is 0 Å². The summed E-state index contributed by atoms with van der Waals surface area (Å²) < 4.78 is 0. The average Bonchev–Trinajstić information content (AvgIpc) is 2.92. The van der Waals surface area contributed by atoms with Crippen LogP contribution in [0.4, 0.5) is 0 Å². The van der Waals surface area contributed by atoms with Crippen LogP contribution in [-0.2, 0) is 6.42 Å². The first-order chi connectivity index (χ1) is 8.33. The van der Waals surface area contributed by atoms with Crippen molar-refractivity contribution in [1.29, 1.82) is 0 Å². The third-order valence-corrected chi connectivity index (χ3v) is 5.50. The van der Waals surface area contributed by atoms with Crippen LogP contribution >= 0.6 is 11.8 Å². The number of fused-ring (bicyclic) bond motifs is 1. The predicted molar refractivity (Wildman–Crippen MR) is 74.6 cm³/mol. The van der Waals surface area contributed by atoms with Gasteiger partial charge in [-0.1, -0.05) is 31.5 Å². The van der Waals surface area contributed by atoms with Crippen LogP contribution in [0.25, 0.3) is 0 Å². The summed E-state index contributed by atoms with van der Waals surface area (Å²) in [5, 5.41) is 4.54. The zero-order valence-electron chi connectivity index (χ0n) is 10.5. The first kappa shape index (κ1) is 11.6. The summed E-state index contributed by atoms with van der Waals surface area (Å²) >= 11 is 2.06. The zero-order valence-corrected chi connectivity index (χ0v) is 11.3. The van der Waals surface area contributed by atoms with Crippen molar-refractivity contribution in [1.82, 2.24) is 5.32 Å². The Morgan fingerprint density at radius 1 is 1.29 bits per heavy atom. The molecule has 0 saturated heterocycles. The lowest BCUT2D eigenvalue weighted by atomic mass is 10.1. The van der Waals surface area contributed by atoms with Crippen LogP contribution in [0, 0.1) is 5.92 Å². The van der Waals surface area contributed by atoms with Gasteiger partial charge in [0, 0.05) is 22.7 Å². The van der Waals surface area contributed by atoms with Gasteiger partial charge in [-0.15, -0.1) is 11.8 Å². The van der Waals surface area contributed by atoms with Crippen LogP contribution in [0.2, 0.25) is 0 Å². The summed E-state index contributed by atoms with van der Waals surface area (Å²) in [6, 6.07) is 9.63. The fourth-order valence-electron chi connectivity index (χ4n) is 3.10. The van der Waals surface area contributed by atoms with Crippen LogP contribution < -0.4 is 5.32 Å². The molecule has 3 atom stereocenters. The molecular formula is C15H21NS. The number of hydrogen-bond acceptors (Lipinski definition) is 2. The zero-order chi connectivity index (χ0) is 11.7. The van der Waals surface area contributed by atoms with E-state index in [1.54, 1.807) is 5.56 Å². The summed E-state index contributed by atoms with van der Waals surface area (Å²) in [6.45, 7) is 3.57. The fraction of sp³-hybridized carbons (Fsp3) is 0.600. The highest BCUT2D eigenvalue weighted by Gasteiger charge is 2.26. The number of hydrogen-bond donors (Lipinski definition) is 1. The van der Waals surface area contributed by atoms with Crippen LogP contribution in [0.3, 0.4) is 0 Å². The summed E-state index contributed by atoms with van der Waals surface area (Å²) in [6.07, 6.45) is 5.45. The van der Waals surface area contributed by atoms with E-state index in [9.17, 15) is 0 Å². The number of thioether (sulfide) groups is 1. The molecule has 1 nitrogen and oxygen atoms in total. The molecule has 0 bridgehead atoms. The second kappa shape index (κ2) is 5.03. The normalized spacial score (nSPS) is 31.7. The van der Waals surface area contributed by atoms with Gasteiger partial charge in [-0.25, -0.2) is 0 Å². The molecule has 1 N–H and O–H groups in total. The van der Waals surface area contributed by atoms with Crippen molar-refractivity contribution >= 4 is 11.8 Å². The van der Waals surface area contributed by atoms with Crippen LogP contribution in [0.5, 0.6) is 0 Å². The van der Waals surface area contributed by atoms with E-state index in [2.05, 4.69) is 48.3 Å². The van der Waals surface area contributed by atoms with E-state index in [4.69, 9.17) is 0 Å². The molecule has 1 heterocycles. The molecule has 1 fully saturated rings. The quantitative estimate of drug-likeness (QED) is 0.877. The third kappa shape index (κ3) is 2.53. The maximum atomic E-state index is 3.79. The number of nitrogens with one attached hydrogen (secondary N) is 1. The SMILES string of the molecule is CC1CCCC1NCC1Cc2ccccc2S1. The second-order valence-corrected chi connectivity index (χ2v) is 6.82. The largest absolute Gasteiger partial charge is 0.313 e. The van der Waals surface area contributed by atoms with E-state index in [0.29, 0.717) is 0 Å². The molecule has 17 heavy (non-hydrogen) atoms. The van der Waals surface area contributed by atoms with Crippen molar-refractivity contribution in [3.63, 3.8) is 0 Å². The fourth-order valence-corrected chi connectivity index (χ4v) is 4.36. The van der Waals surface area contributed by atoms with Crippen molar-refractivity contribution in [2.24, 2.45) is 5.92 Å². The smallest absolute Gasteiger partial charge is 0.0260 e. The Balaban J connectivity index is 1.52. The van der Waals surface area contributed by atoms with Crippen molar-refractivity contribution in [3.8, 4) is 0 Å². The molecule has 1 aromatic rings. The summed E-state index contributed by atoms with van der Waals surface area (Å²) in [7, 11) is 0. The van der Waals surface area contributed by atoms with E-state index in [1.807, 2.05) is 0 Å². The number of benzene rings is 1. The molecule has 1 saturated carbocycles. The van der Waals surface area contributed by atoms with E-state index in [-0.39, 0.29) is 0 Å². The summed E-state index contributed by atoms with van der Waals surface area (Å²) in [4.78, 5) is 1.50. The highest BCUT2D eigenvalue weighted by molar-refractivity contribution is 8.00. The Labute approximate surface area is 108 Å². The van der Waals surface area contributed by atoms with Gasteiger partial charge in [0.25, 0.3) is 0 Å². The van der Waals surface area contributed by atoms with Gasteiger partial charge in [-0.05, 0) is 36.8 Å². The molecule has 1 aromatic carbocycles. The topological polar surface area (TPSA) is 12.0 Å². The molecule has 0 amide bonds. The monoisotopic (exact) mass is 247 g/mol. The maximum Gasteiger partial charge on any atom is 0.0260 e. The summed E-state index contributed by atoms with van der Waals surface area (Å²) in [5.74, 6) is 0.878. The van der Waals surface area contributed by atoms with Crippen molar-refractivity contribution in [2.75, 3.05) is 6.54 Å². The van der Waals surface area contributed by atoms with Gasteiger partial charge in [0.1, 0.15) is 0 Å².